The van der Waals surface area contributed by atoms with Gasteiger partial charge in [0, 0.05) is 17.3 Å². The van der Waals surface area contributed by atoms with Gasteiger partial charge in [0.15, 0.2) is 0 Å². The number of rotatable bonds is 3. The molecule has 0 spiro atoms. The summed E-state index contributed by atoms with van der Waals surface area (Å²) in [6, 6.07) is 11.6. The van der Waals surface area contributed by atoms with E-state index in [1.54, 1.807) is 18.7 Å². The van der Waals surface area contributed by atoms with Gasteiger partial charge in [-0.25, -0.2) is 4.68 Å². The van der Waals surface area contributed by atoms with Crippen molar-refractivity contribution in [3.8, 4) is 5.69 Å². The highest BCUT2D eigenvalue weighted by atomic mass is 16.3. The standard InChI is InChI=1S/C14H13N3O/c15-14(11-6-7-18-10-11)12-8-16-17(9-12)13-4-2-1-3-5-13/h1-10,14H,15H2. The normalized spacial score (nSPS) is 12.5. The molecular weight excluding hydrogens is 226 g/mol. The highest BCUT2D eigenvalue weighted by Crippen LogP contribution is 2.20. The van der Waals surface area contributed by atoms with Crippen LogP contribution in [-0.4, -0.2) is 9.78 Å². The van der Waals surface area contributed by atoms with Crippen molar-refractivity contribution >= 4 is 0 Å². The maximum atomic E-state index is 6.14. The van der Waals surface area contributed by atoms with Crippen molar-refractivity contribution in [2.24, 2.45) is 5.73 Å². The predicted molar refractivity (Wildman–Crippen MR) is 68.3 cm³/mol. The molecule has 3 aromatic rings. The average molecular weight is 239 g/mol. The minimum absolute atomic E-state index is 0.207. The SMILES string of the molecule is NC(c1ccoc1)c1cnn(-c2ccccc2)c1. The fourth-order valence-electron chi connectivity index (χ4n) is 1.86. The monoisotopic (exact) mass is 239 g/mol. The summed E-state index contributed by atoms with van der Waals surface area (Å²) in [6.07, 6.45) is 7.00. The lowest BCUT2D eigenvalue weighted by Crippen LogP contribution is -2.09. The van der Waals surface area contributed by atoms with Gasteiger partial charge in [0.25, 0.3) is 0 Å². The molecule has 0 aliphatic heterocycles. The lowest BCUT2D eigenvalue weighted by atomic mass is 10.1. The van der Waals surface area contributed by atoms with Crippen LogP contribution in [0.25, 0.3) is 5.69 Å². The summed E-state index contributed by atoms with van der Waals surface area (Å²) in [6.45, 7) is 0. The number of furan rings is 1. The molecule has 1 unspecified atom stereocenters. The summed E-state index contributed by atoms with van der Waals surface area (Å²) in [7, 11) is 0. The van der Waals surface area contributed by atoms with E-state index in [2.05, 4.69) is 5.10 Å². The lowest BCUT2D eigenvalue weighted by molar-refractivity contribution is 0.562. The molecule has 2 heterocycles. The Hall–Kier alpha value is -2.33. The molecule has 4 nitrogen and oxygen atoms in total. The summed E-state index contributed by atoms with van der Waals surface area (Å²) in [4.78, 5) is 0. The summed E-state index contributed by atoms with van der Waals surface area (Å²) in [5, 5.41) is 4.32. The van der Waals surface area contributed by atoms with Crippen molar-refractivity contribution in [3.63, 3.8) is 0 Å². The van der Waals surface area contributed by atoms with Crippen molar-refractivity contribution in [1.82, 2.24) is 9.78 Å². The van der Waals surface area contributed by atoms with Crippen LogP contribution >= 0.6 is 0 Å². The average Bonchev–Trinajstić information content (AvgIpc) is 3.10. The minimum atomic E-state index is -0.207. The van der Waals surface area contributed by atoms with E-state index in [0.717, 1.165) is 16.8 Å². The third-order valence-corrected chi connectivity index (χ3v) is 2.88. The number of hydrogen-bond donors (Lipinski definition) is 1. The second-order valence-electron chi connectivity index (χ2n) is 4.09. The van der Waals surface area contributed by atoms with Crippen molar-refractivity contribution < 1.29 is 4.42 Å². The van der Waals surface area contributed by atoms with E-state index >= 15 is 0 Å². The number of nitrogens with two attached hydrogens (primary N) is 1. The Kier molecular flexibility index (Phi) is 2.70. The van der Waals surface area contributed by atoms with E-state index in [4.69, 9.17) is 10.2 Å². The van der Waals surface area contributed by atoms with E-state index < -0.39 is 0 Å². The predicted octanol–water partition coefficient (Wildman–Crippen LogP) is 2.51. The number of para-hydroxylation sites is 1. The molecule has 2 N–H and O–H groups in total. The molecule has 0 aliphatic rings. The molecule has 90 valence electrons. The zero-order valence-corrected chi connectivity index (χ0v) is 9.73. The van der Waals surface area contributed by atoms with Crippen LogP contribution in [-0.2, 0) is 0 Å². The first-order valence-corrected chi connectivity index (χ1v) is 5.72. The second-order valence-corrected chi connectivity index (χ2v) is 4.09. The van der Waals surface area contributed by atoms with Gasteiger partial charge in [-0.1, -0.05) is 18.2 Å². The van der Waals surface area contributed by atoms with Crippen LogP contribution < -0.4 is 5.73 Å². The molecule has 1 atom stereocenters. The first-order chi connectivity index (χ1) is 8.84. The minimum Gasteiger partial charge on any atom is -0.472 e. The molecule has 0 radical (unpaired) electrons. The van der Waals surface area contributed by atoms with Crippen molar-refractivity contribution in [2.45, 2.75) is 6.04 Å². The molecule has 3 rings (SSSR count). The van der Waals surface area contributed by atoms with Crippen LogP contribution in [0.15, 0.2) is 65.7 Å². The number of benzene rings is 1. The molecule has 2 aromatic heterocycles. The van der Waals surface area contributed by atoms with Gasteiger partial charge in [0.05, 0.1) is 30.5 Å². The summed E-state index contributed by atoms with van der Waals surface area (Å²) < 4.78 is 6.86. The van der Waals surface area contributed by atoms with Gasteiger partial charge in [0.2, 0.25) is 0 Å². The van der Waals surface area contributed by atoms with Crippen molar-refractivity contribution in [1.29, 1.82) is 0 Å². The first kappa shape index (κ1) is 10.8. The first-order valence-electron chi connectivity index (χ1n) is 5.72. The second kappa shape index (κ2) is 4.50. The zero-order chi connectivity index (χ0) is 12.4. The maximum absolute atomic E-state index is 6.14. The molecule has 18 heavy (non-hydrogen) atoms. The Morgan fingerprint density at radius 3 is 2.67 bits per heavy atom. The molecule has 0 fully saturated rings. The summed E-state index contributed by atoms with van der Waals surface area (Å²) in [5.74, 6) is 0. The van der Waals surface area contributed by atoms with Gasteiger partial charge in [-0.05, 0) is 18.2 Å². The Balaban J connectivity index is 1.90. The molecule has 0 aliphatic carbocycles. The smallest absolute Gasteiger partial charge is 0.0953 e. The molecular formula is C14H13N3O. The lowest BCUT2D eigenvalue weighted by Gasteiger charge is -2.05. The Morgan fingerprint density at radius 1 is 1.11 bits per heavy atom. The van der Waals surface area contributed by atoms with Crippen LogP contribution in [0.2, 0.25) is 0 Å². The van der Waals surface area contributed by atoms with Gasteiger partial charge in [-0.2, -0.15) is 5.10 Å². The molecule has 1 aromatic carbocycles. The van der Waals surface area contributed by atoms with E-state index in [1.165, 1.54) is 0 Å². The van der Waals surface area contributed by atoms with Crippen molar-refractivity contribution in [2.75, 3.05) is 0 Å². The molecule has 0 saturated carbocycles. The topological polar surface area (TPSA) is 57.0 Å². The number of aromatic nitrogens is 2. The van der Waals surface area contributed by atoms with Crippen LogP contribution in [0.1, 0.15) is 17.2 Å². The number of nitrogens with zero attached hydrogens (tertiary/aromatic N) is 2. The Labute approximate surface area is 105 Å². The van der Waals surface area contributed by atoms with E-state index in [9.17, 15) is 0 Å². The summed E-state index contributed by atoms with van der Waals surface area (Å²) >= 11 is 0. The van der Waals surface area contributed by atoms with Gasteiger partial charge >= 0.3 is 0 Å². The molecule has 0 saturated heterocycles. The molecule has 0 bridgehead atoms. The third-order valence-electron chi connectivity index (χ3n) is 2.88. The third kappa shape index (κ3) is 1.94. The Bertz CT molecular complexity index is 614. The molecule has 4 heteroatoms. The van der Waals surface area contributed by atoms with Crippen LogP contribution in [0.5, 0.6) is 0 Å². The van der Waals surface area contributed by atoms with Gasteiger partial charge in [0.1, 0.15) is 0 Å². The van der Waals surface area contributed by atoms with Crippen LogP contribution in [0.3, 0.4) is 0 Å². The van der Waals surface area contributed by atoms with E-state index in [-0.39, 0.29) is 6.04 Å². The Morgan fingerprint density at radius 2 is 1.94 bits per heavy atom. The van der Waals surface area contributed by atoms with Gasteiger partial charge < -0.3 is 10.2 Å². The fourth-order valence-corrected chi connectivity index (χ4v) is 1.86. The van der Waals surface area contributed by atoms with Gasteiger partial charge in [-0.3, -0.25) is 0 Å². The van der Waals surface area contributed by atoms with E-state index in [1.807, 2.05) is 47.3 Å². The molecule has 0 amide bonds. The van der Waals surface area contributed by atoms with Crippen LogP contribution in [0.4, 0.5) is 0 Å². The number of hydrogen-bond acceptors (Lipinski definition) is 3. The highest BCUT2D eigenvalue weighted by molar-refractivity contribution is 5.33. The van der Waals surface area contributed by atoms with E-state index in [0.29, 0.717) is 0 Å². The zero-order valence-electron chi connectivity index (χ0n) is 9.73. The van der Waals surface area contributed by atoms with Gasteiger partial charge in [-0.15, -0.1) is 0 Å². The quantitative estimate of drug-likeness (QED) is 0.764. The van der Waals surface area contributed by atoms with Crippen molar-refractivity contribution in [3.05, 3.63) is 72.4 Å². The maximum Gasteiger partial charge on any atom is 0.0953 e. The largest absolute Gasteiger partial charge is 0.472 e. The van der Waals surface area contributed by atoms with Crippen LogP contribution in [0, 0.1) is 0 Å². The highest BCUT2D eigenvalue weighted by Gasteiger charge is 2.12. The summed E-state index contributed by atoms with van der Waals surface area (Å²) in [5.41, 5.74) is 9.06. The fraction of sp³-hybridized carbons (Fsp3) is 0.0714.